The van der Waals surface area contributed by atoms with E-state index in [9.17, 15) is 30.5 Å². The van der Waals surface area contributed by atoms with Crippen molar-refractivity contribution < 1.29 is 25.3 Å². The van der Waals surface area contributed by atoms with E-state index < -0.39 is 29.3 Å². The van der Waals surface area contributed by atoms with E-state index >= 15 is 0 Å². The lowest BCUT2D eigenvalue weighted by molar-refractivity contribution is -0.384. The minimum Gasteiger partial charge on any atom is -0.395 e. The highest BCUT2D eigenvalue weighted by molar-refractivity contribution is 5.61. The number of hydrogen-bond donors (Lipinski definition) is 5. The molecule has 2 heterocycles. The summed E-state index contributed by atoms with van der Waals surface area (Å²) in [6.07, 6.45) is 3.36. The Hall–Kier alpha value is -2.57. The molecule has 1 fully saturated rings. The Kier molecular flexibility index (Phi) is 8.53. The number of aliphatic hydroxyl groups is 4. The molecule has 1 aliphatic rings. The second-order valence-corrected chi connectivity index (χ2v) is 8.05. The fourth-order valence-electron chi connectivity index (χ4n) is 4.05. The summed E-state index contributed by atoms with van der Waals surface area (Å²) >= 11 is 0. The third kappa shape index (κ3) is 5.81. The number of nitro benzene ring substituents is 1. The number of nitro groups is 1. The predicted molar refractivity (Wildman–Crippen MR) is 118 cm³/mol. The molecule has 11 nitrogen and oxygen atoms in total. The molecule has 2 aromatic rings. The Morgan fingerprint density at radius 3 is 2.62 bits per heavy atom. The fourth-order valence-corrected chi connectivity index (χ4v) is 4.05. The van der Waals surface area contributed by atoms with Gasteiger partial charge in [-0.3, -0.25) is 15.0 Å². The summed E-state index contributed by atoms with van der Waals surface area (Å²) in [7, 11) is 0. The zero-order valence-corrected chi connectivity index (χ0v) is 17.8. The number of anilines is 1. The van der Waals surface area contributed by atoms with Gasteiger partial charge in [-0.05, 0) is 37.6 Å². The maximum absolute atomic E-state index is 11.4. The standard InChI is InChI=1S/C21H31N5O6/c27-14-18-20(29)21(30)19(28)13-24(18)10-4-2-1-3-8-22-15-6-7-16(17(12-15)26(31)32)25-11-5-9-23-25/h5-7,9,11-12,18-22,27-30H,1-4,8,10,13-14H2/t18-,19+,20-,21-/m1/s1. The Bertz CT molecular complexity index is 864. The minimum absolute atomic E-state index is 0.0202. The normalized spacial score (nSPS) is 23.9. The van der Waals surface area contributed by atoms with Crippen LogP contribution in [-0.4, -0.2) is 90.6 Å². The molecule has 0 saturated carbocycles. The van der Waals surface area contributed by atoms with Crippen LogP contribution in [0.5, 0.6) is 0 Å². The number of aliphatic hydroxyl groups excluding tert-OH is 4. The fraction of sp³-hybridized carbons (Fsp3) is 0.571. The van der Waals surface area contributed by atoms with Crippen LogP contribution in [0.15, 0.2) is 36.7 Å². The molecule has 176 valence electrons. The minimum atomic E-state index is -1.24. The Morgan fingerprint density at radius 1 is 1.16 bits per heavy atom. The molecule has 1 aliphatic heterocycles. The summed E-state index contributed by atoms with van der Waals surface area (Å²) in [5.41, 5.74) is 1.06. The first-order valence-corrected chi connectivity index (χ1v) is 10.8. The van der Waals surface area contributed by atoms with Crippen molar-refractivity contribution in [2.45, 2.75) is 50.0 Å². The van der Waals surface area contributed by atoms with E-state index in [0.29, 0.717) is 24.5 Å². The molecule has 3 rings (SSSR count). The number of aromatic nitrogens is 2. The molecular weight excluding hydrogens is 418 g/mol. The van der Waals surface area contributed by atoms with Crippen LogP contribution in [0, 0.1) is 10.1 Å². The van der Waals surface area contributed by atoms with Crippen molar-refractivity contribution in [1.29, 1.82) is 0 Å². The van der Waals surface area contributed by atoms with E-state index in [2.05, 4.69) is 10.4 Å². The average molecular weight is 450 g/mol. The number of likely N-dealkylation sites (tertiary alicyclic amines) is 1. The lowest BCUT2D eigenvalue weighted by Crippen LogP contribution is -2.62. The maximum Gasteiger partial charge on any atom is 0.296 e. The SMILES string of the molecule is O=[N+]([O-])c1cc(NCCCCCCN2C[C@H](O)[C@@H](O)[C@H](O)[C@H]2CO)ccc1-n1cccn1. The van der Waals surface area contributed by atoms with Crippen molar-refractivity contribution in [3.63, 3.8) is 0 Å². The number of rotatable bonds is 11. The van der Waals surface area contributed by atoms with Crippen molar-refractivity contribution in [3.05, 3.63) is 46.8 Å². The molecule has 1 saturated heterocycles. The molecule has 0 spiro atoms. The van der Waals surface area contributed by atoms with Gasteiger partial charge in [0.05, 0.1) is 23.7 Å². The Labute approximate surface area is 186 Å². The molecule has 0 amide bonds. The van der Waals surface area contributed by atoms with Gasteiger partial charge >= 0.3 is 0 Å². The molecular formula is C21H31N5O6. The molecule has 1 aromatic heterocycles. The predicted octanol–water partition coefficient (Wildman–Crippen LogP) is 0.512. The third-order valence-corrected chi connectivity index (χ3v) is 5.84. The average Bonchev–Trinajstić information content (AvgIpc) is 3.31. The summed E-state index contributed by atoms with van der Waals surface area (Å²) < 4.78 is 1.46. The maximum atomic E-state index is 11.4. The third-order valence-electron chi connectivity index (χ3n) is 5.84. The van der Waals surface area contributed by atoms with E-state index in [-0.39, 0.29) is 18.8 Å². The molecule has 32 heavy (non-hydrogen) atoms. The van der Waals surface area contributed by atoms with Crippen LogP contribution >= 0.6 is 0 Å². The van der Waals surface area contributed by atoms with E-state index in [1.54, 1.807) is 30.6 Å². The molecule has 4 atom stereocenters. The van der Waals surface area contributed by atoms with Gasteiger partial charge in [-0.25, -0.2) is 4.68 Å². The van der Waals surface area contributed by atoms with Crippen LogP contribution in [-0.2, 0) is 0 Å². The molecule has 0 unspecified atom stereocenters. The highest BCUT2D eigenvalue weighted by atomic mass is 16.6. The van der Waals surface area contributed by atoms with Gasteiger partial charge in [0.2, 0.25) is 0 Å². The van der Waals surface area contributed by atoms with Gasteiger partial charge in [0, 0.05) is 37.2 Å². The highest BCUT2D eigenvalue weighted by Crippen LogP contribution is 2.26. The molecule has 5 N–H and O–H groups in total. The molecule has 11 heteroatoms. The van der Waals surface area contributed by atoms with E-state index in [1.165, 1.54) is 10.7 Å². The zero-order valence-electron chi connectivity index (χ0n) is 17.8. The number of benzene rings is 1. The van der Waals surface area contributed by atoms with Crippen LogP contribution in [0.3, 0.4) is 0 Å². The summed E-state index contributed by atoms with van der Waals surface area (Å²) in [5.74, 6) is 0. The van der Waals surface area contributed by atoms with Gasteiger partial charge in [0.1, 0.15) is 17.9 Å². The largest absolute Gasteiger partial charge is 0.395 e. The first-order chi connectivity index (χ1) is 15.4. The summed E-state index contributed by atoms with van der Waals surface area (Å²) in [6.45, 7) is 1.23. The van der Waals surface area contributed by atoms with E-state index in [0.717, 1.165) is 25.7 Å². The molecule has 0 aliphatic carbocycles. The van der Waals surface area contributed by atoms with E-state index in [4.69, 9.17) is 0 Å². The smallest absolute Gasteiger partial charge is 0.296 e. The Balaban J connectivity index is 1.40. The number of unbranched alkanes of at least 4 members (excludes halogenated alkanes) is 3. The van der Waals surface area contributed by atoms with Crippen LogP contribution in [0.1, 0.15) is 25.7 Å². The monoisotopic (exact) mass is 449 g/mol. The van der Waals surface area contributed by atoms with Crippen molar-refractivity contribution in [2.24, 2.45) is 0 Å². The quantitative estimate of drug-likeness (QED) is 0.187. The molecule has 1 aromatic carbocycles. The van der Waals surface area contributed by atoms with Crippen LogP contribution in [0.2, 0.25) is 0 Å². The molecule has 0 radical (unpaired) electrons. The first kappa shape index (κ1) is 24.1. The van der Waals surface area contributed by atoms with Crippen LogP contribution < -0.4 is 5.32 Å². The second kappa shape index (κ2) is 11.3. The van der Waals surface area contributed by atoms with Gasteiger partial charge in [0.25, 0.3) is 5.69 Å². The number of piperidine rings is 1. The summed E-state index contributed by atoms with van der Waals surface area (Å²) in [5, 5.41) is 57.8. The van der Waals surface area contributed by atoms with Gasteiger partial charge in [-0.15, -0.1) is 0 Å². The lowest BCUT2D eigenvalue weighted by Gasteiger charge is -2.43. The van der Waals surface area contributed by atoms with Gasteiger partial charge in [-0.2, -0.15) is 5.10 Å². The van der Waals surface area contributed by atoms with Crippen molar-refractivity contribution >= 4 is 11.4 Å². The molecule has 0 bridgehead atoms. The number of hydrogen-bond acceptors (Lipinski definition) is 9. The van der Waals surface area contributed by atoms with Gasteiger partial charge in [-0.1, -0.05) is 12.8 Å². The van der Waals surface area contributed by atoms with Gasteiger partial charge < -0.3 is 25.7 Å². The van der Waals surface area contributed by atoms with E-state index in [1.807, 2.05) is 4.90 Å². The van der Waals surface area contributed by atoms with Crippen LogP contribution in [0.25, 0.3) is 5.69 Å². The van der Waals surface area contributed by atoms with Crippen molar-refractivity contribution in [1.82, 2.24) is 14.7 Å². The lowest BCUT2D eigenvalue weighted by atomic mass is 9.94. The second-order valence-electron chi connectivity index (χ2n) is 8.05. The van der Waals surface area contributed by atoms with Crippen LogP contribution in [0.4, 0.5) is 11.4 Å². The van der Waals surface area contributed by atoms with Gasteiger partial charge in [0.15, 0.2) is 0 Å². The summed E-state index contributed by atoms with van der Waals surface area (Å²) in [4.78, 5) is 12.8. The Morgan fingerprint density at radius 2 is 1.94 bits per heavy atom. The van der Waals surface area contributed by atoms with Crippen molar-refractivity contribution in [3.8, 4) is 5.69 Å². The van der Waals surface area contributed by atoms with Crippen molar-refractivity contribution in [2.75, 3.05) is 31.6 Å². The first-order valence-electron chi connectivity index (χ1n) is 10.8. The topological polar surface area (TPSA) is 157 Å². The highest BCUT2D eigenvalue weighted by Gasteiger charge is 2.40. The zero-order chi connectivity index (χ0) is 23.1. The number of β-amino-alcohol motifs (C(OH)–C–C–N with tert-alkyl or cyclic N) is 1. The number of nitrogens with one attached hydrogen (secondary N) is 1. The number of nitrogens with zero attached hydrogens (tertiary/aromatic N) is 4. The summed E-state index contributed by atoms with van der Waals surface area (Å²) in [6, 6.07) is 6.10.